The predicted octanol–water partition coefficient (Wildman–Crippen LogP) is 1.75. The van der Waals surface area contributed by atoms with Crippen molar-refractivity contribution in [1.29, 1.82) is 0 Å². The maximum absolute atomic E-state index is 5.64. The largest absolute Gasteiger partial charge is 0.330 e. The highest BCUT2D eigenvalue weighted by Gasteiger charge is 2.05. The maximum atomic E-state index is 5.64. The average molecular weight is 409 g/mol. The first-order chi connectivity index (χ1) is 12.8. The molecule has 0 aromatic heterocycles. The third kappa shape index (κ3) is 20.6. The minimum atomic E-state index is 0. The number of hydrogen-bond acceptors (Lipinski definition) is 6. The first kappa shape index (κ1) is 29.3. The van der Waals surface area contributed by atoms with Crippen LogP contribution in [0.15, 0.2) is 0 Å². The maximum Gasteiger partial charge on any atom is -0.000671 e. The Bertz CT molecular complexity index is 229. The summed E-state index contributed by atoms with van der Waals surface area (Å²) in [7, 11) is 0. The van der Waals surface area contributed by atoms with Crippen LogP contribution in [0, 0.1) is 0 Å². The van der Waals surface area contributed by atoms with E-state index in [-0.39, 0.29) is 12.4 Å². The molecule has 0 aromatic carbocycles. The van der Waals surface area contributed by atoms with Gasteiger partial charge < -0.3 is 32.7 Å². The number of nitrogens with two attached hydrogens (primary N) is 4. The van der Waals surface area contributed by atoms with Gasteiger partial charge in [-0.1, -0.05) is 25.7 Å². The van der Waals surface area contributed by atoms with Gasteiger partial charge in [-0.25, -0.2) is 0 Å². The Balaban J connectivity index is 0. The summed E-state index contributed by atoms with van der Waals surface area (Å²) in [5.74, 6) is 0. The Hall–Kier alpha value is 0.0500. The zero-order chi connectivity index (χ0) is 19.3. The van der Waals surface area contributed by atoms with E-state index in [2.05, 4.69) is 9.80 Å². The van der Waals surface area contributed by atoms with Gasteiger partial charge in [-0.05, 0) is 104 Å². The molecule has 0 radical (unpaired) electrons. The van der Waals surface area contributed by atoms with Crippen LogP contribution in [0.1, 0.15) is 64.2 Å². The van der Waals surface area contributed by atoms with Crippen LogP contribution in [0.25, 0.3) is 0 Å². The smallest absolute Gasteiger partial charge is 0.000671 e. The molecular formula is C20H49ClN6. The van der Waals surface area contributed by atoms with Crippen molar-refractivity contribution in [1.82, 2.24) is 9.80 Å². The zero-order valence-corrected chi connectivity index (χ0v) is 18.6. The predicted molar refractivity (Wildman–Crippen MR) is 123 cm³/mol. The van der Waals surface area contributed by atoms with Crippen molar-refractivity contribution in [3.05, 3.63) is 0 Å². The summed E-state index contributed by atoms with van der Waals surface area (Å²) >= 11 is 0. The van der Waals surface area contributed by atoms with Crippen molar-refractivity contribution in [2.45, 2.75) is 64.2 Å². The Morgan fingerprint density at radius 1 is 0.333 bits per heavy atom. The molecule has 0 heterocycles. The molecule has 0 spiro atoms. The number of rotatable bonds is 21. The molecule has 0 bridgehead atoms. The average Bonchev–Trinajstić information content (AvgIpc) is 2.66. The van der Waals surface area contributed by atoms with Crippen LogP contribution in [-0.2, 0) is 0 Å². The highest BCUT2D eigenvalue weighted by atomic mass is 35.5. The first-order valence-electron chi connectivity index (χ1n) is 11.0. The van der Waals surface area contributed by atoms with Gasteiger partial charge in [0, 0.05) is 0 Å². The van der Waals surface area contributed by atoms with Gasteiger partial charge in [-0.3, -0.25) is 0 Å². The molecule has 0 aliphatic heterocycles. The number of nitrogens with zero attached hydrogens (tertiary/aromatic N) is 2. The molecule has 0 rings (SSSR count). The minimum Gasteiger partial charge on any atom is -0.330 e. The summed E-state index contributed by atoms with van der Waals surface area (Å²) in [4.78, 5) is 5.07. The van der Waals surface area contributed by atoms with Gasteiger partial charge in [0.2, 0.25) is 0 Å². The molecule has 0 aromatic rings. The number of hydrogen-bond donors (Lipinski definition) is 4. The monoisotopic (exact) mass is 408 g/mol. The molecule has 0 aliphatic carbocycles. The van der Waals surface area contributed by atoms with Crippen molar-refractivity contribution in [3.63, 3.8) is 0 Å². The van der Waals surface area contributed by atoms with E-state index in [1.165, 1.54) is 51.6 Å². The lowest BCUT2D eigenvalue weighted by Gasteiger charge is -2.22. The first-order valence-corrected chi connectivity index (χ1v) is 11.0. The SMILES string of the molecule is Cl.NCCCN(CCCN)CCCCCCCCN(CCCN)CCCN. The van der Waals surface area contributed by atoms with Crippen LogP contribution in [0.5, 0.6) is 0 Å². The summed E-state index contributed by atoms with van der Waals surface area (Å²) in [6.07, 6.45) is 12.4. The van der Waals surface area contributed by atoms with Gasteiger partial charge >= 0.3 is 0 Å². The van der Waals surface area contributed by atoms with Crippen molar-refractivity contribution >= 4 is 12.4 Å². The van der Waals surface area contributed by atoms with Crippen LogP contribution in [-0.4, -0.2) is 75.2 Å². The zero-order valence-electron chi connectivity index (χ0n) is 17.8. The summed E-state index contributed by atoms with van der Waals surface area (Å²) in [6.45, 7) is 10.0. The Morgan fingerprint density at radius 2 is 0.556 bits per heavy atom. The topological polar surface area (TPSA) is 111 Å². The second kappa shape index (κ2) is 24.1. The van der Waals surface area contributed by atoms with Crippen LogP contribution in [0.3, 0.4) is 0 Å². The second-order valence-electron chi connectivity index (χ2n) is 7.37. The van der Waals surface area contributed by atoms with E-state index in [1.807, 2.05) is 0 Å². The van der Waals surface area contributed by atoms with Gasteiger partial charge in [-0.15, -0.1) is 12.4 Å². The Morgan fingerprint density at radius 3 is 0.815 bits per heavy atom. The molecule has 6 nitrogen and oxygen atoms in total. The fraction of sp³-hybridized carbons (Fsp3) is 1.00. The van der Waals surface area contributed by atoms with E-state index in [0.717, 1.165) is 78.0 Å². The summed E-state index contributed by atoms with van der Waals surface area (Å²) in [6, 6.07) is 0. The quantitative estimate of drug-likeness (QED) is 0.215. The lowest BCUT2D eigenvalue weighted by Crippen LogP contribution is -2.30. The van der Waals surface area contributed by atoms with Crippen molar-refractivity contribution in [2.75, 3.05) is 65.4 Å². The summed E-state index contributed by atoms with van der Waals surface area (Å²) < 4.78 is 0. The summed E-state index contributed by atoms with van der Waals surface area (Å²) in [5, 5.41) is 0. The second-order valence-corrected chi connectivity index (χ2v) is 7.37. The van der Waals surface area contributed by atoms with Gasteiger partial charge in [0.1, 0.15) is 0 Å². The number of halogens is 1. The Labute approximate surface area is 175 Å². The van der Waals surface area contributed by atoms with Gasteiger partial charge in [-0.2, -0.15) is 0 Å². The third-order valence-corrected chi connectivity index (χ3v) is 4.91. The van der Waals surface area contributed by atoms with Crippen molar-refractivity contribution in [3.8, 4) is 0 Å². The fourth-order valence-corrected chi connectivity index (χ4v) is 3.31. The van der Waals surface area contributed by atoms with Gasteiger partial charge in [0.15, 0.2) is 0 Å². The van der Waals surface area contributed by atoms with E-state index >= 15 is 0 Å². The van der Waals surface area contributed by atoms with E-state index in [9.17, 15) is 0 Å². The van der Waals surface area contributed by atoms with Crippen LogP contribution in [0.2, 0.25) is 0 Å². The minimum absolute atomic E-state index is 0. The molecule has 0 fully saturated rings. The molecule has 0 aliphatic rings. The normalized spacial score (nSPS) is 11.3. The van der Waals surface area contributed by atoms with Crippen molar-refractivity contribution < 1.29 is 0 Å². The van der Waals surface area contributed by atoms with E-state index < -0.39 is 0 Å². The molecule has 8 N–H and O–H groups in total. The molecule has 0 amide bonds. The van der Waals surface area contributed by atoms with Crippen LogP contribution >= 0.6 is 12.4 Å². The highest BCUT2D eigenvalue weighted by Crippen LogP contribution is 2.08. The molecule has 0 unspecified atom stereocenters. The molecule has 0 atom stereocenters. The third-order valence-electron chi connectivity index (χ3n) is 4.91. The van der Waals surface area contributed by atoms with E-state index in [4.69, 9.17) is 22.9 Å². The lowest BCUT2D eigenvalue weighted by molar-refractivity contribution is 0.259. The lowest BCUT2D eigenvalue weighted by atomic mass is 10.1. The van der Waals surface area contributed by atoms with Crippen molar-refractivity contribution in [2.24, 2.45) is 22.9 Å². The number of unbranched alkanes of at least 4 members (excludes halogenated alkanes) is 5. The molecule has 166 valence electrons. The molecule has 27 heavy (non-hydrogen) atoms. The highest BCUT2D eigenvalue weighted by molar-refractivity contribution is 5.85. The van der Waals surface area contributed by atoms with E-state index in [1.54, 1.807) is 0 Å². The Kier molecular flexibility index (Phi) is 26.1. The van der Waals surface area contributed by atoms with E-state index in [0.29, 0.717) is 0 Å². The van der Waals surface area contributed by atoms with Crippen LogP contribution in [0.4, 0.5) is 0 Å². The molecule has 7 heteroatoms. The fourth-order valence-electron chi connectivity index (χ4n) is 3.31. The summed E-state index contributed by atoms with van der Waals surface area (Å²) in [5.41, 5.74) is 22.5. The molecule has 0 saturated heterocycles. The van der Waals surface area contributed by atoms with Gasteiger partial charge in [0.05, 0.1) is 0 Å². The molecule has 0 saturated carbocycles. The van der Waals surface area contributed by atoms with Crippen LogP contribution < -0.4 is 22.9 Å². The van der Waals surface area contributed by atoms with Gasteiger partial charge in [0.25, 0.3) is 0 Å². The standard InChI is InChI=1S/C20H48N6.ClH/c21-11-7-17-25(18-8-12-22)15-5-3-1-2-4-6-16-26(19-9-13-23)20-10-14-24;/h1-24H2;1H. The molecular weight excluding hydrogens is 360 g/mol.